The smallest absolute Gasteiger partial charge is 0.268 e. The molecule has 1 fully saturated rings. The van der Waals surface area contributed by atoms with Gasteiger partial charge in [-0.1, -0.05) is 47.0 Å². The summed E-state index contributed by atoms with van der Waals surface area (Å²) in [7, 11) is 0. The minimum absolute atomic E-state index is 0.301. The first-order chi connectivity index (χ1) is 11.4. The average Bonchev–Trinajstić information content (AvgIpc) is 2.78. The van der Waals surface area contributed by atoms with Crippen molar-refractivity contribution in [1.29, 1.82) is 0 Å². The summed E-state index contributed by atoms with van der Waals surface area (Å²) in [6.07, 6.45) is 1.57. The van der Waals surface area contributed by atoms with E-state index in [1.165, 1.54) is 4.90 Å². The van der Waals surface area contributed by atoms with Crippen LogP contribution in [0.25, 0.3) is 6.08 Å². The normalized spacial score (nSPS) is 16.3. The molecule has 0 atom stereocenters. The molecule has 6 heteroatoms. The first kappa shape index (κ1) is 17.1. The summed E-state index contributed by atoms with van der Waals surface area (Å²) >= 11 is 13.2. The number of aryl methyl sites for hydroxylation is 2. The standard InChI is InChI=1S/C18H13Cl2NO2S/c1-10-6-7-15(11(2)8-10)21-17(22)16(24-18(21)23)9-12-13(19)4-3-5-14(12)20/h3-9H,1-2H3/b16-9-. The van der Waals surface area contributed by atoms with Crippen molar-refractivity contribution in [2.75, 3.05) is 4.90 Å². The van der Waals surface area contributed by atoms with Crippen molar-refractivity contribution in [1.82, 2.24) is 0 Å². The maximum atomic E-state index is 12.7. The molecule has 0 spiro atoms. The third kappa shape index (κ3) is 3.09. The number of anilines is 1. The maximum Gasteiger partial charge on any atom is 0.298 e. The van der Waals surface area contributed by atoms with Gasteiger partial charge in [0, 0.05) is 15.6 Å². The number of imide groups is 1. The summed E-state index contributed by atoms with van der Waals surface area (Å²) in [5, 5.41) is 0.531. The summed E-state index contributed by atoms with van der Waals surface area (Å²) in [6, 6.07) is 10.7. The Morgan fingerprint density at radius 1 is 1.04 bits per heavy atom. The highest BCUT2D eigenvalue weighted by atomic mass is 35.5. The van der Waals surface area contributed by atoms with Crippen molar-refractivity contribution in [3.05, 3.63) is 68.0 Å². The summed E-state index contributed by atoms with van der Waals surface area (Å²) < 4.78 is 0. The number of thioether (sulfide) groups is 1. The third-order valence-corrected chi connectivity index (χ3v) is 5.19. The molecule has 1 heterocycles. The van der Waals surface area contributed by atoms with E-state index in [0.29, 0.717) is 26.2 Å². The molecule has 122 valence electrons. The maximum absolute atomic E-state index is 12.7. The number of benzene rings is 2. The Hall–Kier alpha value is -1.75. The molecule has 0 bridgehead atoms. The van der Waals surface area contributed by atoms with Gasteiger partial charge >= 0.3 is 0 Å². The minimum Gasteiger partial charge on any atom is -0.268 e. The van der Waals surface area contributed by atoms with Crippen LogP contribution in [0, 0.1) is 13.8 Å². The van der Waals surface area contributed by atoms with Crippen LogP contribution in [0.5, 0.6) is 0 Å². The predicted molar refractivity (Wildman–Crippen MR) is 101 cm³/mol. The van der Waals surface area contributed by atoms with E-state index in [0.717, 1.165) is 22.9 Å². The van der Waals surface area contributed by atoms with Gasteiger partial charge in [-0.15, -0.1) is 0 Å². The number of rotatable bonds is 2. The first-order valence-corrected chi connectivity index (χ1v) is 8.75. The zero-order chi connectivity index (χ0) is 17.4. The summed E-state index contributed by atoms with van der Waals surface area (Å²) in [6.45, 7) is 3.84. The van der Waals surface area contributed by atoms with Crippen LogP contribution in [0.4, 0.5) is 10.5 Å². The molecule has 3 rings (SSSR count). The van der Waals surface area contributed by atoms with E-state index in [1.807, 2.05) is 26.0 Å². The van der Waals surface area contributed by atoms with E-state index in [1.54, 1.807) is 30.3 Å². The van der Waals surface area contributed by atoms with Gasteiger partial charge in [0.15, 0.2) is 0 Å². The van der Waals surface area contributed by atoms with Gasteiger partial charge in [0.1, 0.15) is 0 Å². The van der Waals surface area contributed by atoms with Crippen molar-refractivity contribution < 1.29 is 9.59 Å². The van der Waals surface area contributed by atoms with Gasteiger partial charge in [-0.3, -0.25) is 9.59 Å². The highest BCUT2D eigenvalue weighted by molar-refractivity contribution is 8.19. The Morgan fingerprint density at radius 3 is 2.33 bits per heavy atom. The van der Waals surface area contributed by atoms with Crippen molar-refractivity contribution >= 4 is 57.9 Å². The zero-order valence-electron chi connectivity index (χ0n) is 13.0. The molecule has 0 saturated carbocycles. The van der Waals surface area contributed by atoms with Crippen LogP contribution in [0.1, 0.15) is 16.7 Å². The molecule has 2 aromatic rings. The van der Waals surface area contributed by atoms with E-state index >= 15 is 0 Å². The van der Waals surface area contributed by atoms with E-state index in [4.69, 9.17) is 23.2 Å². The molecule has 24 heavy (non-hydrogen) atoms. The Labute approximate surface area is 154 Å². The van der Waals surface area contributed by atoms with Crippen molar-refractivity contribution in [3.63, 3.8) is 0 Å². The van der Waals surface area contributed by atoms with Gasteiger partial charge in [-0.05, 0) is 55.4 Å². The molecule has 2 amide bonds. The second kappa shape index (κ2) is 6.63. The van der Waals surface area contributed by atoms with Gasteiger partial charge in [0.2, 0.25) is 0 Å². The summed E-state index contributed by atoms with van der Waals surface area (Å²) in [5.41, 5.74) is 3.07. The van der Waals surface area contributed by atoms with Gasteiger partial charge < -0.3 is 0 Å². The largest absolute Gasteiger partial charge is 0.298 e. The molecule has 0 N–H and O–H groups in total. The molecular weight excluding hydrogens is 365 g/mol. The molecule has 1 saturated heterocycles. The molecule has 1 aliphatic heterocycles. The van der Waals surface area contributed by atoms with Gasteiger partial charge in [0.05, 0.1) is 10.6 Å². The van der Waals surface area contributed by atoms with E-state index in [9.17, 15) is 9.59 Å². The third-order valence-electron chi connectivity index (χ3n) is 3.66. The lowest BCUT2D eigenvalue weighted by atomic mass is 10.1. The van der Waals surface area contributed by atoms with Crippen molar-refractivity contribution in [2.45, 2.75) is 13.8 Å². The number of hydrogen-bond acceptors (Lipinski definition) is 3. The van der Waals surface area contributed by atoms with Crippen LogP contribution >= 0.6 is 35.0 Å². The van der Waals surface area contributed by atoms with Crippen molar-refractivity contribution in [2.24, 2.45) is 0 Å². The number of halogens is 2. The Bertz CT molecular complexity index is 872. The van der Waals surface area contributed by atoms with E-state index in [-0.39, 0.29) is 11.1 Å². The van der Waals surface area contributed by atoms with E-state index < -0.39 is 0 Å². The fourth-order valence-electron chi connectivity index (χ4n) is 2.51. The monoisotopic (exact) mass is 377 g/mol. The minimum atomic E-state index is -0.368. The van der Waals surface area contributed by atoms with Crippen LogP contribution in [-0.4, -0.2) is 11.1 Å². The summed E-state index contributed by atoms with van der Waals surface area (Å²) in [5.74, 6) is -0.368. The number of amides is 2. The van der Waals surface area contributed by atoms with Crippen LogP contribution in [0.2, 0.25) is 10.0 Å². The second-order valence-electron chi connectivity index (χ2n) is 5.44. The van der Waals surface area contributed by atoms with Crippen LogP contribution in [0.3, 0.4) is 0 Å². The number of carbonyl (C=O) groups excluding carboxylic acids is 2. The van der Waals surface area contributed by atoms with Crippen LogP contribution < -0.4 is 4.90 Å². The lowest BCUT2D eigenvalue weighted by molar-refractivity contribution is -0.113. The van der Waals surface area contributed by atoms with E-state index in [2.05, 4.69) is 0 Å². The molecule has 1 aliphatic rings. The molecule has 0 aliphatic carbocycles. The Kier molecular flexibility index (Phi) is 4.72. The molecular formula is C18H13Cl2NO2S. The van der Waals surface area contributed by atoms with Gasteiger partial charge in [-0.2, -0.15) is 0 Å². The molecule has 3 nitrogen and oxygen atoms in total. The molecule has 0 unspecified atom stereocenters. The zero-order valence-corrected chi connectivity index (χ0v) is 15.3. The lowest BCUT2D eigenvalue weighted by Crippen LogP contribution is -2.28. The van der Waals surface area contributed by atoms with Crippen LogP contribution in [-0.2, 0) is 4.79 Å². The number of nitrogens with zero attached hydrogens (tertiary/aromatic N) is 1. The Morgan fingerprint density at radius 2 is 1.71 bits per heavy atom. The summed E-state index contributed by atoms with van der Waals surface area (Å²) in [4.78, 5) is 26.6. The quantitative estimate of drug-likeness (QED) is 0.615. The fraction of sp³-hybridized carbons (Fsp3) is 0.111. The molecule has 0 aromatic heterocycles. The highest BCUT2D eigenvalue weighted by Crippen LogP contribution is 2.38. The Balaban J connectivity index is 2.02. The predicted octanol–water partition coefficient (Wildman–Crippen LogP) is 5.85. The highest BCUT2D eigenvalue weighted by Gasteiger charge is 2.37. The van der Waals surface area contributed by atoms with Gasteiger partial charge in [-0.25, -0.2) is 4.90 Å². The molecule has 2 aromatic carbocycles. The van der Waals surface area contributed by atoms with Crippen LogP contribution in [0.15, 0.2) is 41.3 Å². The topological polar surface area (TPSA) is 37.4 Å². The number of carbonyl (C=O) groups is 2. The van der Waals surface area contributed by atoms with Crippen molar-refractivity contribution in [3.8, 4) is 0 Å². The second-order valence-corrected chi connectivity index (χ2v) is 7.25. The first-order valence-electron chi connectivity index (χ1n) is 7.17. The average molecular weight is 378 g/mol. The van der Waals surface area contributed by atoms with Gasteiger partial charge in [0.25, 0.3) is 11.1 Å². The number of hydrogen-bond donors (Lipinski definition) is 0. The fourth-order valence-corrected chi connectivity index (χ4v) is 3.83. The SMILES string of the molecule is Cc1ccc(N2C(=O)S/C(=C\c3c(Cl)cccc3Cl)C2=O)c(C)c1. The lowest BCUT2D eigenvalue weighted by Gasteiger charge is -2.15. The molecule has 0 radical (unpaired) electrons.